The molecule has 2 unspecified atom stereocenters. The molecule has 4 heteroatoms. The molecule has 0 bridgehead atoms. The number of nitrogens with one attached hydrogen (secondary N) is 2. The lowest BCUT2D eigenvalue weighted by Gasteiger charge is -2.23. The quantitative estimate of drug-likeness (QED) is 0.443. The molecule has 0 aromatic carbocycles. The van der Waals surface area contributed by atoms with Gasteiger partial charge in [-0.3, -0.25) is 0 Å². The molecule has 13 heavy (non-hydrogen) atoms. The van der Waals surface area contributed by atoms with Crippen LogP contribution in [0.5, 0.6) is 0 Å². The maximum Gasteiger partial charge on any atom is 0.0894 e. The fraction of sp³-hybridized carbons (Fsp3) is 1.00. The van der Waals surface area contributed by atoms with E-state index >= 15 is 0 Å². The Hall–Kier alpha value is -0.160. The summed E-state index contributed by atoms with van der Waals surface area (Å²) in [6.07, 6.45) is 1.89. The van der Waals surface area contributed by atoms with E-state index in [1.165, 1.54) is 12.8 Å². The van der Waals surface area contributed by atoms with E-state index in [1.54, 1.807) is 0 Å². The van der Waals surface area contributed by atoms with Gasteiger partial charge in [0.2, 0.25) is 0 Å². The lowest BCUT2D eigenvalue weighted by atomic mass is 10.00. The van der Waals surface area contributed by atoms with Crippen molar-refractivity contribution in [3.8, 4) is 0 Å². The van der Waals surface area contributed by atoms with E-state index in [-0.39, 0.29) is 6.61 Å². The van der Waals surface area contributed by atoms with Gasteiger partial charge < -0.3 is 20.8 Å². The van der Waals surface area contributed by atoms with Crippen LogP contribution in [0.2, 0.25) is 0 Å². The second-order valence-corrected chi connectivity index (χ2v) is 3.71. The smallest absolute Gasteiger partial charge is 0.0894 e. The van der Waals surface area contributed by atoms with Gasteiger partial charge in [0.1, 0.15) is 0 Å². The molecule has 0 aliphatic carbocycles. The van der Waals surface area contributed by atoms with Gasteiger partial charge in [0.05, 0.1) is 12.7 Å². The van der Waals surface area contributed by atoms with Crippen LogP contribution in [0.1, 0.15) is 12.8 Å². The van der Waals surface area contributed by atoms with E-state index in [4.69, 9.17) is 10.2 Å². The zero-order valence-electron chi connectivity index (χ0n) is 8.00. The molecular formula is C9H20N2O2. The fourth-order valence-electron chi connectivity index (χ4n) is 1.62. The maximum absolute atomic E-state index is 9.06. The van der Waals surface area contributed by atoms with Gasteiger partial charge in [-0.2, -0.15) is 0 Å². The largest absolute Gasteiger partial charge is 0.394 e. The van der Waals surface area contributed by atoms with Crippen LogP contribution in [0.4, 0.5) is 0 Å². The van der Waals surface area contributed by atoms with Crippen molar-refractivity contribution in [1.29, 1.82) is 0 Å². The second kappa shape index (κ2) is 6.32. The molecule has 1 rings (SSSR count). The molecule has 0 radical (unpaired) electrons. The van der Waals surface area contributed by atoms with Crippen LogP contribution in [0, 0.1) is 5.92 Å². The molecule has 4 N–H and O–H groups in total. The maximum atomic E-state index is 9.06. The number of hydrogen-bond acceptors (Lipinski definition) is 4. The second-order valence-electron chi connectivity index (χ2n) is 3.71. The van der Waals surface area contributed by atoms with Crippen LogP contribution in [0.25, 0.3) is 0 Å². The highest BCUT2D eigenvalue weighted by Gasteiger charge is 2.12. The lowest BCUT2D eigenvalue weighted by Crippen LogP contribution is -2.38. The summed E-state index contributed by atoms with van der Waals surface area (Å²) < 4.78 is 0. The summed E-state index contributed by atoms with van der Waals surface area (Å²) in [6.45, 7) is 3.48. The molecule has 0 aromatic rings. The monoisotopic (exact) mass is 188 g/mol. The number of aliphatic hydroxyl groups is 2. The van der Waals surface area contributed by atoms with Crippen LogP contribution < -0.4 is 10.6 Å². The van der Waals surface area contributed by atoms with Crippen LogP contribution in [-0.4, -0.2) is 49.1 Å². The first-order chi connectivity index (χ1) is 6.33. The molecule has 4 nitrogen and oxygen atoms in total. The molecule has 0 spiro atoms. The van der Waals surface area contributed by atoms with Gasteiger partial charge in [0.25, 0.3) is 0 Å². The number of hydrogen-bond donors (Lipinski definition) is 4. The average Bonchev–Trinajstić information content (AvgIpc) is 2.19. The summed E-state index contributed by atoms with van der Waals surface area (Å²) >= 11 is 0. The summed E-state index contributed by atoms with van der Waals surface area (Å²) in [7, 11) is 0. The topological polar surface area (TPSA) is 64.5 Å². The number of piperidine rings is 1. The van der Waals surface area contributed by atoms with Gasteiger partial charge >= 0.3 is 0 Å². The van der Waals surface area contributed by atoms with E-state index in [0.29, 0.717) is 12.5 Å². The van der Waals surface area contributed by atoms with Crippen LogP contribution in [0.3, 0.4) is 0 Å². The Labute approximate surface area is 79.3 Å². The standard InChI is InChI=1S/C9H20N2O2/c12-7-9(13)6-11-5-8-2-1-3-10-4-8/h8-13H,1-7H2. The number of aliphatic hydroxyl groups excluding tert-OH is 2. The van der Waals surface area contributed by atoms with E-state index < -0.39 is 6.10 Å². The zero-order valence-corrected chi connectivity index (χ0v) is 8.00. The summed E-state index contributed by atoms with van der Waals surface area (Å²) in [5.74, 6) is 0.680. The highest BCUT2D eigenvalue weighted by molar-refractivity contribution is 4.71. The minimum absolute atomic E-state index is 0.157. The van der Waals surface area contributed by atoms with Gasteiger partial charge in [-0.05, 0) is 38.4 Å². The van der Waals surface area contributed by atoms with E-state index in [1.807, 2.05) is 0 Å². The van der Waals surface area contributed by atoms with E-state index in [9.17, 15) is 0 Å². The summed E-state index contributed by atoms with van der Waals surface area (Å²) in [4.78, 5) is 0. The third-order valence-electron chi connectivity index (χ3n) is 2.42. The van der Waals surface area contributed by atoms with E-state index in [2.05, 4.69) is 10.6 Å². The van der Waals surface area contributed by atoms with Crippen LogP contribution >= 0.6 is 0 Å². The third-order valence-corrected chi connectivity index (χ3v) is 2.42. The molecule has 0 saturated carbocycles. The summed E-state index contributed by atoms with van der Waals surface area (Å²) in [6, 6.07) is 0. The predicted molar refractivity (Wildman–Crippen MR) is 51.6 cm³/mol. The van der Waals surface area contributed by atoms with Crippen molar-refractivity contribution in [2.75, 3.05) is 32.8 Å². The Morgan fingerprint density at radius 2 is 2.38 bits per heavy atom. The average molecular weight is 188 g/mol. The highest BCUT2D eigenvalue weighted by Crippen LogP contribution is 2.07. The fourth-order valence-corrected chi connectivity index (χ4v) is 1.62. The SMILES string of the molecule is OCC(O)CNCC1CCCNC1. The van der Waals surface area contributed by atoms with Gasteiger partial charge in [-0.25, -0.2) is 0 Å². The summed E-state index contributed by atoms with van der Waals surface area (Å²) in [5, 5.41) is 24.1. The molecule has 2 atom stereocenters. The number of rotatable bonds is 5. The molecular weight excluding hydrogens is 168 g/mol. The lowest BCUT2D eigenvalue weighted by molar-refractivity contribution is 0.0932. The Balaban J connectivity index is 1.98. The van der Waals surface area contributed by atoms with Crippen molar-refractivity contribution in [2.45, 2.75) is 18.9 Å². The van der Waals surface area contributed by atoms with Crippen molar-refractivity contribution in [1.82, 2.24) is 10.6 Å². The van der Waals surface area contributed by atoms with Crippen LogP contribution in [-0.2, 0) is 0 Å². The molecule has 0 aromatic heterocycles. The first-order valence-electron chi connectivity index (χ1n) is 5.03. The Morgan fingerprint density at radius 1 is 1.54 bits per heavy atom. The molecule has 1 heterocycles. The molecule has 1 aliphatic heterocycles. The Morgan fingerprint density at radius 3 is 3.00 bits per heavy atom. The minimum Gasteiger partial charge on any atom is -0.394 e. The van der Waals surface area contributed by atoms with Crippen molar-refractivity contribution in [2.24, 2.45) is 5.92 Å². The predicted octanol–water partition coefficient (Wildman–Crippen LogP) is -1.07. The minimum atomic E-state index is -0.614. The molecule has 1 fully saturated rings. The van der Waals surface area contributed by atoms with Crippen molar-refractivity contribution in [3.63, 3.8) is 0 Å². The normalized spacial score (nSPS) is 25.8. The van der Waals surface area contributed by atoms with Gasteiger partial charge in [-0.15, -0.1) is 0 Å². The zero-order chi connectivity index (χ0) is 9.52. The first kappa shape index (κ1) is 10.9. The van der Waals surface area contributed by atoms with Crippen molar-refractivity contribution < 1.29 is 10.2 Å². The Kier molecular flexibility index (Phi) is 5.31. The highest BCUT2D eigenvalue weighted by atomic mass is 16.3. The Bertz CT molecular complexity index is 127. The molecule has 1 saturated heterocycles. The van der Waals surface area contributed by atoms with Crippen molar-refractivity contribution in [3.05, 3.63) is 0 Å². The molecule has 1 aliphatic rings. The third kappa shape index (κ3) is 4.57. The van der Waals surface area contributed by atoms with Crippen molar-refractivity contribution >= 4 is 0 Å². The van der Waals surface area contributed by atoms with E-state index in [0.717, 1.165) is 19.6 Å². The van der Waals surface area contributed by atoms with Crippen LogP contribution in [0.15, 0.2) is 0 Å². The van der Waals surface area contributed by atoms with Gasteiger partial charge in [0.15, 0.2) is 0 Å². The summed E-state index contributed by atoms with van der Waals surface area (Å²) in [5.41, 5.74) is 0. The molecule has 0 amide bonds. The first-order valence-corrected chi connectivity index (χ1v) is 5.03. The molecule has 78 valence electrons. The van der Waals surface area contributed by atoms with Gasteiger partial charge in [-0.1, -0.05) is 0 Å². The van der Waals surface area contributed by atoms with Gasteiger partial charge in [0, 0.05) is 6.54 Å².